The van der Waals surface area contributed by atoms with Gasteiger partial charge >= 0.3 is 0 Å². The van der Waals surface area contributed by atoms with Gasteiger partial charge in [-0.1, -0.05) is 6.92 Å². The van der Waals surface area contributed by atoms with Gasteiger partial charge in [0, 0.05) is 5.92 Å². The standard InChI is InChI=1S/C23H35N3O2/c1-22(28)9-7-16-15(11-22)3-4-18-17(16)8-10-23(2)19(18)5-6-20(23)21(27)12-26-14-24-13-25-26/h13-20,28H,3-12H2,1-2H3/t15-,16-,17+,18+,19-,20+,22+,23-/m0/s1. The van der Waals surface area contributed by atoms with E-state index in [1.54, 1.807) is 11.0 Å². The highest BCUT2D eigenvalue weighted by Crippen LogP contribution is 2.64. The van der Waals surface area contributed by atoms with Crippen LogP contribution in [0.3, 0.4) is 0 Å². The molecule has 5 rings (SSSR count). The summed E-state index contributed by atoms with van der Waals surface area (Å²) in [6.45, 7) is 4.83. The van der Waals surface area contributed by atoms with E-state index >= 15 is 0 Å². The molecule has 154 valence electrons. The molecular weight excluding hydrogens is 350 g/mol. The number of hydrogen-bond acceptors (Lipinski definition) is 4. The Balaban J connectivity index is 1.32. The van der Waals surface area contributed by atoms with E-state index in [1.165, 1.54) is 44.9 Å². The van der Waals surface area contributed by atoms with Gasteiger partial charge in [-0.2, -0.15) is 5.10 Å². The summed E-state index contributed by atoms with van der Waals surface area (Å²) in [5, 5.41) is 14.7. The van der Waals surface area contributed by atoms with E-state index in [2.05, 4.69) is 17.0 Å². The largest absolute Gasteiger partial charge is 0.390 e. The molecule has 28 heavy (non-hydrogen) atoms. The summed E-state index contributed by atoms with van der Waals surface area (Å²) < 4.78 is 1.68. The first-order chi connectivity index (χ1) is 13.4. The molecule has 0 bridgehead atoms. The van der Waals surface area contributed by atoms with E-state index in [4.69, 9.17) is 0 Å². The Hall–Kier alpha value is -1.23. The third-order valence-electron chi connectivity index (χ3n) is 9.41. The Morgan fingerprint density at radius 3 is 2.68 bits per heavy atom. The Morgan fingerprint density at radius 1 is 1.07 bits per heavy atom. The van der Waals surface area contributed by atoms with Crippen molar-refractivity contribution in [1.82, 2.24) is 14.8 Å². The van der Waals surface area contributed by atoms with Crippen LogP contribution < -0.4 is 0 Å². The van der Waals surface area contributed by atoms with Crippen LogP contribution in [0.2, 0.25) is 0 Å². The number of rotatable bonds is 3. The minimum Gasteiger partial charge on any atom is -0.390 e. The zero-order valence-electron chi connectivity index (χ0n) is 17.4. The Labute approximate surface area is 168 Å². The van der Waals surface area contributed by atoms with Gasteiger partial charge < -0.3 is 5.11 Å². The van der Waals surface area contributed by atoms with Gasteiger partial charge in [-0.3, -0.25) is 4.79 Å². The van der Waals surface area contributed by atoms with Gasteiger partial charge in [-0.15, -0.1) is 0 Å². The molecule has 1 heterocycles. The van der Waals surface area contributed by atoms with Gasteiger partial charge in [0.15, 0.2) is 5.78 Å². The lowest BCUT2D eigenvalue weighted by atomic mass is 9.49. The number of aliphatic hydroxyl groups is 1. The van der Waals surface area contributed by atoms with E-state index < -0.39 is 5.60 Å². The summed E-state index contributed by atoms with van der Waals surface area (Å²) >= 11 is 0. The number of carbonyl (C=O) groups excluding carboxylic acids is 1. The smallest absolute Gasteiger partial charge is 0.157 e. The van der Waals surface area contributed by atoms with Crippen molar-refractivity contribution in [3.8, 4) is 0 Å². The number of carbonyl (C=O) groups is 1. The summed E-state index contributed by atoms with van der Waals surface area (Å²) in [5.41, 5.74) is -0.269. The van der Waals surface area contributed by atoms with Crippen LogP contribution in [0.1, 0.15) is 71.6 Å². The summed E-state index contributed by atoms with van der Waals surface area (Å²) in [4.78, 5) is 17.1. The second kappa shape index (κ2) is 6.65. The van der Waals surface area contributed by atoms with Crippen LogP contribution in [-0.4, -0.2) is 31.3 Å². The van der Waals surface area contributed by atoms with Crippen molar-refractivity contribution in [2.75, 3.05) is 0 Å². The molecule has 5 heteroatoms. The highest BCUT2D eigenvalue weighted by atomic mass is 16.3. The summed E-state index contributed by atoms with van der Waals surface area (Å²) in [5.74, 6) is 4.42. The van der Waals surface area contributed by atoms with Gasteiger partial charge in [-0.25, -0.2) is 9.67 Å². The molecule has 4 fully saturated rings. The van der Waals surface area contributed by atoms with Crippen LogP contribution in [0.15, 0.2) is 12.7 Å². The number of hydrogen-bond donors (Lipinski definition) is 1. The van der Waals surface area contributed by atoms with Gasteiger partial charge in [0.1, 0.15) is 19.2 Å². The van der Waals surface area contributed by atoms with Crippen molar-refractivity contribution in [3.05, 3.63) is 12.7 Å². The minimum absolute atomic E-state index is 0.172. The fourth-order valence-electron chi connectivity index (χ4n) is 8.19. The predicted molar refractivity (Wildman–Crippen MR) is 106 cm³/mol. The van der Waals surface area contributed by atoms with Crippen LogP contribution in [0.4, 0.5) is 0 Å². The number of nitrogens with zero attached hydrogens (tertiary/aromatic N) is 3. The second-order valence-corrected chi connectivity index (χ2v) is 10.9. The predicted octanol–water partition coefficient (Wildman–Crippen LogP) is 3.87. The van der Waals surface area contributed by atoms with Gasteiger partial charge in [-0.05, 0) is 99.7 Å². The number of ketones is 1. The lowest BCUT2D eigenvalue weighted by molar-refractivity contribution is -0.133. The maximum Gasteiger partial charge on any atom is 0.157 e. The zero-order chi connectivity index (χ0) is 19.5. The zero-order valence-corrected chi connectivity index (χ0v) is 17.4. The average Bonchev–Trinajstić information content (AvgIpc) is 3.27. The molecule has 8 atom stereocenters. The molecule has 4 aliphatic rings. The van der Waals surface area contributed by atoms with Crippen LogP contribution >= 0.6 is 0 Å². The molecule has 0 saturated heterocycles. The SMILES string of the molecule is C[C@@]1(O)CC[C@H]2[C@@H](CC[C@@H]3[C@@H]2CC[C@]2(C)[C@@H](C(=O)Cn4cncn4)CC[C@@H]32)C1. The molecule has 1 N–H and O–H groups in total. The van der Waals surface area contributed by atoms with Crippen LogP contribution in [0.25, 0.3) is 0 Å². The maximum absolute atomic E-state index is 13.1. The molecule has 0 aliphatic heterocycles. The summed E-state index contributed by atoms with van der Waals surface area (Å²) in [7, 11) is 0. The molecule has 1 aromatic rings. The first-order valence-corrected chi connectivity index (χ1v) is 11.4. The van der Waals surface area contributed by atoms with E-state index in [1.807, 2.05) is 6.92 Å². The average molecular weight is 386 g/mol. The van der Waals surface area contributed by atoms with Crippen molar-refractivity contribution in [2.24, 2.45) is 40.9 Å². The van der Waals surface area contributed by atoms with Crippen molar-refractivity contribution >= 4 is 5.78 Å². The third-order valence-corrected chi connectivity index (χ3v) is 9.41. The fourth-order valence-corrected chi connectivity index (χ4v) is 8.19. The first kappa shape index (κ1) is 18.8. The molecule has 4 saturated carbocycles. The summed E-state index contributed by atoms with van der Waals surface area (Å²) in [6.07, 6.45) is 13.7. The molecule has 5 nitrogen and oxygen atoms in total. The molecular formula is C23H35N3O2. The maximum atomic E-state index is 13.1. The Bertz CT molecular complexity index is 730. The number of fused-ring (bicyclic) bond motifs is 5. The molecule has 4 aliphatic carbocycles. The minimum atomic E-state index is -0.441. The molecule has 1 aromatic heterocycles. The third kappa shape index (κ3) is 2.96. The van der Waals surface area contributed by atoms with Gasteiger partial charge in [0.05, 0.1) is 5.60 Å². The van der Waals surface area contributed by atoms with E-state index in [0.717, 1.165) is 42.9 Å². The van der Waals surface area contributed by atoms with Crippen molar-refractivity contribution in [1.29, 1.82) is 0 Å². The molecule has 0 aromatic carbocycles. The molecule has 0 radical (unpaired) electrons. The van der Waals surface area contributed by atoms with Crippen molar-refractivity contribution < 1.29 is 9.90 Å². The quantitative estimate of drug-likeness (QED) is 0.858. The Morgan fingerprint density at radius 2 is 1.89 bits per heavy atom. The number of Topliss-reactive ketones (excluding diaryl/α,β-unsaturated/α-hetero) is 1. The van der Waals surface area contributed by atoms with Crippen molar-refractivity contribution in [2.45, 2.75) is 83.8 Å². The highest BCUT2D eigenvalue weighted by Gasteiger charge is 2.58. The lowest BCUT2D eigenvalue weighted by Gasteiger charge is -2.56. The van der Waals surface area contributed by atoms with Crippen molar-refractivity contribution in [3.63, 3.8) is 0 Å². The summed E-state index contributed by atoms with van der Waals surface area (Å²) in [6, 6.07) is 0. The van der Waals surface area contributed by atoms with Crippen LogP contribution in [-0.2, 0) is 11.3 Å². The van der Waals surface area contributed by atoms with E-state index in [9.17, 15) is 9.90 Å². The van der Waals surface area contributed by atoms with Gasteiger partial charge in [0.25, 0.3) is 0 Å². The number of aromatic nitrogens is 3. The van der Waals surface area contributed by atoms with E-state index in [0.29, 0.717) is 18.2 Å². The van der Waals surface area contributed by atoms with Crippen LogP contribution in [0.5, 0.6) is 0 Å². The lowest BCUT2D eigenvalue weighted by Crippen LogP contribution is -2.51. The van der Waals surface area contributed by atoms with E-state index in [-0.39, 0.29) is 11.3 Å². The fraction of sp³-hybridized carbons (Fsp3) is 0.870. The topological polar surface area (TPSA) is 68.0 Å². The second-order valence-electron chi connectivity index (χ2n) is 10.9. The van der Waals surface area contributed by atoms with Crippen LogP contribution in [0, 0.1) is 40.9 Å². The molecule has 0 spiro atoms. The Kier molecular flexibility index (Phi) is 4.46. The molecule has 0 unspecified atom stereocenters. The normalized spacial score (nSPS) is 47.8. The first-order valence-electron chi connectivity index (χ1n) is 11.4. The highest BCUT2D eigenvalue weighted by molar-refractivity contribution is 5.82. The van der Waals surface area contributed by atoms with Gasteiger partial charge in [0.2, 0.25) is 0 Å². The molecule has 0 amide bonds. The monoisotopic (exact) mass is 385 g/mol.